The maximum Gasteiger partial charge on any atom is 0.247 e. The summed E-state index contributed by atoms with van der Waals surface area (Å²) in [5.74, 6) is -0.401. The number of pyridine rings is 1. The van der Waals surface area contributed by atoms with Crippen LogP contribution in [0.25, 0.3) is 0 Å². The van der Waals surface area contributed by atoms with Crippen LogP contribution in [0.4, 0.5) is 0 Å². The topological polar surface area (TPSA) is 62.3 Å². The Balaban J connectivity index is 1.66. The molecule has 0 bridgehead atoms. The van der Waals surface area contributed by atoms with Gasteiger partial charge < -0.3 is 10.2 Å². The van der Waals surface area contributed by atoms with Crippen molar-refractivity contribution in [1.29, 1.82) is 0 Å². The van der Waals surface area contributed by atoms with E-state index in [9.17, 15) is 9.59 Å². The van der Waals surface area contributed by atoms with Crippen LogP contribution in [-0.2, 0) is 29.1 Å². The molecule has 1 aromatic heterocycles. The Morgan fingerprint density at radius 3 is 2.11 bits per heavy atom. The van der Waals surface area contributed by atoms with E-state index in [0.29, 0.717) is 18.1 Å². The van der Waals surface area contributed by atoms with Crippen LogP contribution in [0, 0.1) is 0 Å². The van der Waals surface area contributed by atoms with Gasteiger partial charge >= 0.3 is 0 Å². The summed E-state index contributed by atoms with van der Waals surface area (Å²) in [6, 6.07) is 29.2. The lowest BCUT2D eigenvalue weighted by Crippen LogP contribution is -2.43. The monoisotopic (exact) mass is 483 g/mol. The zero-order chi connectivity index (χ0) is 24.5. The second-order valence-electron chi connectivity index (χ2n) is 8.20. The number of amides is 2. The third-order valence-corrected chi connectivity index (χ3v) is 5.90. The molecule has 0 aliphatic carbocycles. The van der Waals surface area contributed by atoms with Crippen LogP contribution < -0.4 is 5.32 Å². The molecule has 5 nitrogen and oxygen atoms in total. The first-order chi connectivity index (χ1) is 17.1. The number of aromatic nitrogens is 1. The van der Waals surface area contributed by atoms with Crippen molar-refractivity contribution >= 4 is 23.4 Å². The van der Waals surface area contributed by atoms with Gasteiger partial charge in [-0.3, -0.25) is 14.6 Å². The molecular weight excluding hydrogens is 458 g/mol. The van der Waals surface area contributed by atoms with Crippen LogP contribution in [0.1, 0.15) is 28.3 Å². The first-order valence-corrected chi connectivity index (χ1v) is 11.8. The molecule has 2 amide bonds. The zero-order valence-electron chi connectivity index (χ0n) is 19.2. The SMILES string of the molecule is O=C(NCc1cccnc1)[C@@H](c1ccccc1)N(Cc1ccccc1)C(=O)Cc1ccc(Cl)cc1. The molecule has 1 atom stereocenters. The molecule has 0 radical (unpaired) electrons. The van der Waals surface area contributed by atoms with E-state index in [1.54, 1.807) is 29.4 Å². The van der Waals surface area contributed by atoms with Crippen LogP contribution in [-0.4, -0.2) is 21.7 Å². The van der Waals surface area contributed by atoms with Crippen molar-refractivity contribution in [3.05, 3.63) is 137 Å². The number of hydrogen-bond donors (Lipinski definition) is 1. The molecule has 0 unspecified atom stereocenters. The Kier molecular flexibility index (Phi) is 8.25. The van der Waals surface area contributed by atoms with Crippen molar-refractivity contribution < 1.29 is 9.59 Å². The lowest BCUT2D eigenvalue weighted by Gasteiger charge is -2.32. The maximum absolute atomic E-state index is 13.7. The zero-order valence-corrected chi connectivity index (χ0v) is 19.9. The van der Waals surface area contributed by atoms with Crippen LogP contribution >= 0.6 is 11.6 Å². The van der Waals surface area contributed by atoms with Crippen molar-refractivity contribution in [3.63, 3.8) is 0 Å². The summed E-state index contributed by atoms with van der Waals surface area (Å²) in [6.07, 6.45) is 3.56. The number of carbonyl (C=O) groups is 2. The summed E-state index contributed by atoms with van der Waals surface area (Å²) in [5, 5.41) is 3.61. The number of halogens is 1. The van der Waals surface area contributed by atoms with Gasteiger partial charge in [-0.2, -0.15) is 0 Å². The van der Waals surface area contributed by atoms with E-state index in [1.165, 1.54) is 0 Å². The molecule has 1 N–H and O–H groups in total. The van der Waals surface area contributed by atoms with Crippen molar-refractivity contribution in [3.8, 4) is 0 Å². The summed E-state index contributed by atoms with van der Waals surface area (Å²) in [6.45, 7) is 0.619. The van der Waals surface area contributed by atoms with Crippen molar-refractivity contribution in [1.82, 2.24) is 15.2 Å². The van der Waals surface area contributed by atoms with Gasteiger partial charge in [-0.05, 0) is 40.5 Å². The fourth-order valence-electron chi connectivity index (χ4n) is 3.88. The Bertz CT molecular complexity index is 1230. The van der Waals surface area contributed by atoms with Crippen molar-refractivity contribution in [2.45, 2.75) is 25.6 Å². The third-order valence-electron chi connectivity index (χ3n) is 5.65. The maximum atomic E-state index is 13.7. The molecule has 0 aliphatic heterocycles. The number of benzene rings is 3. The summed E-state index contributed by atoms with van der Waals surface area (Å²) in [7, 11) is 0. The standard InChI is InChI=1S/C29H26ClN3O2/c30-26-15-13-22(14-16-26)18-27(34)33(21-23-8-3-1-4-9-23)28(25-11-5-2-6-12-25)29(35)32-20-24-10-7-17-31-19-24/h1-17,19,28H,18,20-21H2,(H,32,35)/t28-/m1/s1. The highest BCUT2D eigenvalue weighted by Crippen LogP contribution is 2.25. The summed E-state index contributed by atoms with van der Waals surface area (Å²) in [5.41, 5.74) is 3.41. The molecule has 4 aromatic rings. The Hall–Kier alpha value is -3.96. The number of hydrogen-bond acceptors (Lipinski definition) is 3. The van der Waals surface area contributed by atoms with Crippen LogP contribution in [0.15, 0.2) is 109 Å². The van der Waals surface area contributed by atoms with Crippen LogP contribution in [0.3, 0.4) is 0 Å². The average Bonchev–Trinajstić information content (AvgIpc) is 2.90. The number of carbonyl (C=O) groups excluding carboxylic acids is 2. The van der Waals surface area contributed by atoms with E-state index in [0.717, 1.165) is 22.3 Å². The summed E-state index contributed by atoms with van der Waals surface area (Å²) in [4.78, 5) is 33.1. The van der Waals surface area contributed by atoms with Gasteiger partial charge in [0.25, 0.3) is 0 Å². The molecule has 6 heteroatoms. The lowest BCUT2D eigenvalue weighted by atomic mass is 10.0. The largest absolute Gasteiger partial charge is 0.350 e. The van der Waals surface area contributed by atoms with E-state index in [-0.39, 0.29) is 18.2 Å². The summed E-state index contributed by atoms with van der Waals surface area (Å²) >= 11 is 6.02. The fraction of sp³-hybridized carbons (Fsp3) is 0.138. The fourth-order valence-corrected chi connectivity index (χ4v) is 4.00. The lowest BCUT2D eigenvalue weighted by molar-refractivity contribution is -0.141. The molecular formula is C29H26ClN3O2. The van der Waals surface area contributed by atoms with E-state index in [2.05, 4.69) is 10.3 Å². The molecule has 0 aliphatic rings. The first kappa shape index (κ1) is 24.2. The predicted octanol–water partition coefficient (Wildman–Crippen LogP) is 5.36. The third kappa shape index (κ3) is 6.78. The molecule has 0 saturated carbocycles. The van der Waals surface area contributed by atoms with Gasteiger partial charge in [0, 0.05) is 30.5 Å². The normalized spacial score (nSPS) is 11.5. The second kappa shape index (κ2) is 12.0. The van der Waals surface area contributed by atoms with Crippen LogP contribution in [0.2, 0.25) is 5.02 Å². The second-order valence-corrected chi connectivity index (χ2v) is 8.64. The number of nitrogens with zero attached hydrogens (tertiary/aromatic N) is 2. The number of nitrogens with one attached hydrogen (secondary N) is 1. The van der Waals surface area contributed by atoms with E-state index in [4.69, 9.17) is 11.6 Å². The molecule has 35 heavy (non-hydrogen) atoms. The molecule has 176 valence electrons. The highest BCUT2D eigenvalue weighted by atomic mass is 35.5. The Morgan fingerprint density at radius 2 is 1.46 bits per heavy atom. The molecule has 0 spiro atoms. The van der Waals surface area contributed by atoms with Gasteiger partial charge in [-0.15, -0.1) is 0 Å². The van der Waals surface area contributed by atoms with Gasteiger partial charge in [-0.1, -0.05) is 90.5 Å². The highest BCUT2D eigenvalue weighted by molar-refractivity contribution is 6.30. The highest BCUT2D eigenvalue weighted by Gasteiger charge is 2.31. The minimum Gasteiger partial charge on any atom is -0.350 e. The summed E-state index contributed by atoms with van der Waals surface area (Å²) < 4.78 is 0. The average molecular weight is 484 g/mol. The Labute approximate surface area is 210 Å². The van der Waals surface area contributed by atoms with Crippen molar-refractivity contribution in [2.75, 3.05) is 0 Å². The smallest absolute Gasteiger partial charge is 0.247 e. The van der Waals surface area contributed by atoms with Crippen LogP contribution in [0.5, 0.6) is 0 Å². The van der Waals surface area contributed by atoms with E-state index >= 15 is 0 Å². The molecule has 1 heterocycles. The minimum absolute atomic E-state index is 0.151. The van der Waals surface area contributed by atoms with Crippen molar-refractivity contribution in [2.24, 2.45) is 0 Å². The van der Waals surface area contributed by atoms with E-state index < -0.39 is 6.04 Å². The quantitative estimate of drug-likeness (QED) is 0.348. The van der Waals surface area contributed by atoms with Gasteiger partial charge in [0.15, 0.2) is 0 Å². The predicted molar refractivity (Wildman–Crippen MR) is 137 cm³/mol. The Morgan fingerprint density at radius 1 is 0.800 bits per heavy atom. The molecule has 0 saturated heterocycles. The molecule has 0 fully saturated rings. The molecule has 3 aromatic carbocycles. The van der Waals surface area contributed by atoms with Gasteiger partial charge in [0.1, 0.15) is 6.04 Å². The minimum atomic E-state index is -0.798. The van der Waals surface area contributed by atoms with Gasteiger partial charge in [0.2, 0.25) is 11.8 Å². The first-order valence-electron chi connectivity index (χ1n) is 11.4. The van der Waals surface area contributed by atoms with Gasteiger partial charge in [-0.25, -0.2) is 0 Å². The van der Waals surface area contributed by atoms with Gasteiger partial charge in [0.05, 0.1) is 6.42 Å². The van der Waals surface area contributed by atoms with E-state index in [1.807, 2.05) is 84.9 Å². The number of rotatable bonds is 9. The molecule has 4 rings (SSSR count).